The van der Waals surface area contributed by atoms with Gasteiger partial charge in [-0.1, -0.05) is 5.92 Å². The van der Waals surface area contributed by atoms with Crippen molar-refractivity contribution < 1.29 is 19.1 Å². The third-order valence-electron chi connectivity index (χ3n) is 6.10. The molecule has 2 amide bonds. The molecule has 0 aromatic heterocycles. The summed E-state index contributed by atoms with van der Waals surface area (Å²) in [5, 5.41) is 0. The summed E-state index contributed by atoms with van der Waals surface area (Å²) in [5.41, 5.74) is -0.493. The van der Waals surface area contributed by atoms with Crippen LogP contribution in [0.5, 0.6) is 0 Å². The average Bonchev–Trinajstić information content (AvgIpc) is 2.65. The summed E-state index contributed by atoms with van der Waals surface area (Å²) in [5.74, 6) is 2.91. The molecule has 0 N–H and O–H groups in total. The number of ether oxygens (including phenoxy) is 2. The SMILES string of the molecule is C#CCOC1CCN(C2CC(C(=O)N3CCN(C(=O)OC(C)(C)C)CC3)C2)CC1. The molecule has 7 nitrogen and oxygen atoms in total. The summed E-state index contributed by atoms with van der Waals surface area (Å²) in [6.45, 7) is 10.3. The van der Waals surface area contributed by atoms with Crippen LogP contribution in [0.3, 0.4) is 0 Å². The van der Waals surface area contributed by atoms with Crippen LogP contribution in [-0.2, 0) is 14.3 Å². The lowest BCUT2D eigenvalue weighted by Gasteiger charge is -2.46. The molecule has 0 bridgehead atoms. The van der Waals surface area contributed by atoms with Crippen molar-refractivity contribution >= 4 is 12.0 Å². The zero-order valence-corrected chi connectivity index (χ0v) is 18.1. The predicted octanol–water partition coefficient (Wildman–Crippen LogP) is 1.96. The lowest BCUT2D eigenvalue weighted by Crippen LogP contribution is -2.56. The van der Waals surface area contributed by atoms with E-state index in [1.807, 2.05) is 25.7 Å². The first kappa shape index (κ1) is 21.9. The number of carbonyl (C=O) groups is 2. The second kappa shape index (κ2) is 9.36. The summed E-state index contributed by atoms with van der Waals surface area (Å²) in [6.07, 6.45) is 9.17. The van der Waals surface area contributed by atoms with Crippen LogP contribution in [0.25, 0.3) is 0 Å². The number of nitrogens with zero attached hydrogens (tertiary/aromatic N) is 3. The molecule has 0 aromatic rings. The van der Waals surface area contributed by atoms with E-state index in [0.717, 1.165) is 38.8 Å². The summed E-state index contributed by atoms with van der Waals surface area (Å²) in [6, 6.07) is 0.514. The van der Waals surface area contributed by atoms with Gasteiger partial charge >= 0.3 is 6.09 Å². The molecule has 1 aliphatic carbocycles. The van der Waals surface area contributed by atoms with Crippen molar-refractivity contribution in [2.45, 2.75) is 64.2 Å². The maximum atomic E-state index is 12.8. The maximum Gasteiger partial charge on any atom is 0.410 e. The highest BCUT2D eigenvalue weighted by atomic mass is 16.6. The minimum absolute atomic E-state index is 0.128. The molecule has 3 rings (SSSR count). The predicted molar refractivity (Wildman–Crippen MR) is 110 cm³/mol. The smallest absolute Gasteiger partial charge is 0.410 e. The van der Waals surface area contributed by atoms with E-state index in [2.05, 4.69) is 10.8 Å². The van der Waals surface area contributed by atoms with Crippen LogP contribution in [0.1, 0.15) is 46.5 Å². The minimum Gasteiger partial charge on any atom is -0.444 e. The third kappa shape index (κ3) is 5.86. The van der Waals surface area contributed by atoms with Crippen molar-refractivity contribution in [2.75, 3.05) is 45.9 Å². The fourth-order valence-corrected chi connectivity index (χ4v) is 4.36. The first-order valence-electron chi connectivity index (χ1n) is 10.8. The lowest BCUT2D eigenvalue weighted by atomic mass is 9.77. The van der Waals surface area contributed by atoms with Crippen molar-refractivity contribution in [3.05, 3.63) is 0 Å². The minimum atomic E-state index is -0.493. The number of amides is 2. The van der Waals surface area contributed by atoms with Gasteiger partial charge in [0.2, 0.25) is 5.91 Å². The number of carbonyl (C=O) groups excluding carboxylic acids is 2. The van der Waals surface area contributed by atoms with Gasteiger partial charge in [0.25, 0.3) is 0 Å². The van der Waals surface area contributed by atoms with E-state index in [0.29, 0.717) is 38.8 Å². The highest BCUT2D eigenvalue weighted by molar-refractivity contribution is 5.80. The molecular formula is C22H35N3O4. The summed E-state index contributed by atoms with van der Waals surface area (Å²) >= 11 is 0. The summed E-state index contributed by atoms with van der Waals surface area (Å²) in [4.78, 5) is 31.1. The third-order valence-corrected chi connectivity index (χ3v) is 6.10. The van der Waals surface area contributed by atoms with Gasteiger partial charge in [0.05, 0.1) is 6.10 Å². The molecule has 2 aliphatic heterocycles. The molecule has 162 valence electrons. The molecule has 0 spiro atoms. The van der Waals surface area contributed by atoms with E-state index in [1.54, 1.807) is 4.90 Å². The normalized spacial score (nSPS) is 26.6. The second-order valence-electron chi connectivity index (χ2n) is 9.37. The molecule has 3 fully saturated rings. The Balaban J connectivity index is 1.35. The number of likely N-dealkylation sites (tertiary alicyclic amines) is 1. The molecule has 2 heterocycles. The van der Waals surface area contributed by atoms with Crippen molar-refractivity contribution in [3.63, 3.8) is 0 Å². The van der Waals surface area contributed by atoms with E-state index in [1.165, 1.54) is 0 Å². The van der Waals surface area contributed by atoms with Gasteiger partial charge in [-0.2, -0.15) is 0 Å². The topological polar surface area (TPSA) is 62.3 Å². The van der Waals surface area contributed by atoms with Crippen LogP contribution < -0.4 is 0 Å². The molecule has 3 aliphatic rings. The van der Waals surface area contributed by atoms with Gasteiger partial charge in [-0.15, -0.1) is 6.42 Å². The van der Waals surface area contributed by atoms with Crippen LogP contribution >= 0.6 is 0 Å². The van der Waals surface area contributed by atoms with E-state index in [9.17, 15) is 9.59 Å². The Kier molecular flexibility index (Phi) is 7.07. The zero-order chi connectivity index (χ0) is 21.0. The highest BCUT2D eigenvalue weighted by Gasteiger charge is 2.41. The van der Waals surface area contributed by atoms with E-state index in [4.69, 9.17) is 15.9 Å². The van der Waals surface area contributed by atoms with Crippen LogP contribution in [-0.4, -0.2) is 90.3 Å². The Labute approximate surface area is 174 Å². The first-order valence-corrected chi connectivity index (χ1v) is 10.8. The van der Waals surface area contributed by atoms with Gasteiger partial charge in [0.15, 0.2) is 0 Å². The Morgan fingerprint density at radius 1 is 1.00 bits per heavy atom. The number of terminal acetylenes is 1. The monoisotopic (exact) mass is 405 g/mol. The van der Waals surface area contributed by atoms with E-state index >= 15 is 0 Å². The standard InChI is InChI=1S/C22H35N3O4/c1-5-14-28-19-6-8-23(9-7-19)18-15-17(16-18)20(26)24-10-12-25(13-11-24)21(27)29-22(2,3)4/h1,17-19H,6-16H2,2-4H3. The Hall–Kier alpha value is -1.78. The number of rotatable bonds is 4. The molecule has 1 saturated carbocycles. The number of piperidine rings is 1. The van der Waals surface area contributed by atoms with E-state index in [-0.39, 0.29) is 24.0 Å². The largest absolute Gasteiger partial charge is 0.444 e. The van der Waals surface area contributed by atoms with Gasteiger partial charge in [-0.25, -0.2) is 4.79 Å². The van der Waals surface area contributed by atoms with Crippen LogP contribution in [0.4, 0.5) is 4.79 Å². The Morgan fingerprint density at radius 2 is 1.59 bits per heavy atom. The number of hydrogen-bond donors (Lipinski definition) is 0. The molecule has 0 unspecified atom stereocenters. The van der Waals surface area contributed by atoms with Crippen molar-refractivity contribution in [2.24, 2.45) is 5.92 Å². The molecule has 0 aromatic carbocycles. The molecule has 2 saturated heterocycles. The quantitative estimate of drug-likeness (QED) is 0.669. The molecule has 0 radical (unpaired) electrons. The zero-order valence-electron chi connectivity index (χ0n) is 18.1. The van der Waals surface area contributed by atoms with Crippen LogP contribution in [0.2, 0.25) is 0 Å². The lowest BCUT2D eigenvalue weighted by molar-refractivity contribution is -0.143. The van der Waals surface area contributed by atoms with Crippen molar-refractivity contribution in [1.82, 2.24) is 14.7 Å². The van der Waals surface area contributed by atoms with Crippen molar-refractivity contribution in [3.8, 4) is 12.3 Å². The first-order chi connectivity index (χ1) is 13.8. The van der Waals surface area contributed by atoms with Gasteiger partial charge in [0.1, 0.15) is 12.2 Å². The van der Waals surface area contributed by atoms with Gasteiger partial charge < -0.3 is 24.2 Å². The molecule has 0 atom stereocenters. The number of piperazine rings is 1. The van der Waals surface area contributed by atoms with Gasteiger partial charge in [0, 0.05) is 51.2 Å². The van der Waals surface area contributed by atoms with Gasteiger partial charge in [-0.05, 0) is 46.5 Å². The molecule has 29 heavy (non-hydrogen) atoms. The number of hydrogen-bond acceptors (Lipinski definition) is 5. The van der Waals surface area contributed by atoms with Crippen LogP contribution in [0.15, 0.2) is 0 Å². The Bertz CT molecular complexity index is 617. The fourth-order valence-electron chi connectivity index (χ4n) is 4.36. The maximum absolute atomic E-state index is 12.8. The summed E-state index contributed by atoms with van der Waals surface area (Å²) < 4.78 is 11.1. The molecular weight excluding hydrogens is 370 g/mol. The van der Waals surface area contributed by atoms with Crippen LogP contribution in [0, 0.1) is 18.3 Å². The molecule has 7 heteroatoms. The second-order valence-corrected chi connectivity index (χ2v) is 9.37. The average molecular weight is 406 g/mol. The summed E-state index contributed by atoms with van der Waals surface area (Å²) in [7, 11) is 0. The van der Waals surface area contributed by atoms with Crippen molar-refractivity contribution in [1.29, 1.82) is 0 Å². The van der Waals surface area contributed by atoms with Gasteiger partial charge in [-0.3, -0.25) is 4.79 Å². The Morgan fingerprint density at radius 3 is 2.14 bits per heavy atom. The van der Waals surface area contributed by atoms with E-state index < -0.39 is 5.60 Å². The fraction of sp³-hybridized carbons (Fsp3) is 0.818. The highest BCUT2D eigenvalue weighted by Crippen LogP contribution is 2.35.